The molecule has 0 unspecified atom stereocenters. The second-order valence-electron chi connectivity index (χ2n) is 6.15. The molecule has 0 spiro atoms. The van der Waals surface area contributed by atoms with Gasteiger partial charge in [-0.05, 0) is 42.8 Å². The highest BCUT2D eigenvalue weighted by molar-refractivity contribution is 7.89. The number of sulfonamides is 1. The van der Waals surface area contributed by atoms with E-state index in [1.54, 1.807) is 18.5 Å². The predicted molar refractivity (Wildman–Crippen MR) is 105 cm³/mol. The van der Waals surface area contributed by atoms with Gasteiger partial charge in [0.1, 0.15) is 0 Å². The van der Waals surface area contributed by atoms with Gasteiger partial charge in [-0.15, -0.1) is 0 Å². The molecule has 1 amide bonds. The number of nitrogens with one attached hydrogen (secondary N) is 2. The fourth-order valence-corrected chi connectivity index (χ4v) is 3.81. The van der Waals surface area contributed by atoms with Crippen molar-refractivity contribution in [2.75, 3.05) is 11.9 Å². The van der Waals surface area contributed by atoms with Crippen LogP contribution in [0.2, 0.25) is 0 Å². The summed E-state index contributed by atoms with van der Waals surface area (Å²) in [6.45, 7) is 2.80. The Balaban J connectivity index is 1.58. The van der Waals surface area contributed by atoms with Crippen molar-refractivity contribution in [3.05, 3.63) is 54.9 Å². The summed E-state index contributed by atoms with van der Waals surface area (Å²) in [5, 5.41) is 2.79. The van der Waals surface area contributed by atoms with Crippen LogP contribution >= 0.6 is 0 Å². The highest BCUT2D eigenvalue weighted by Gasteiger charge is 2.13. The van der Waals surface area contributed by atoms with E-state index in [-0.39, 0.29) is 10.8 Å². The summed E-state index contributed by atoms with van der Waals surface area (Å²) in [4.78, 5) is 16.7. The molecule has 1 heterocycles. The number of hydrogen-bond donors (Lipinski definition) is 2. The number of nitrogens with zero attached hydrogens (tertiary/aromatic N) is 2. The van der Waals surface area contributed by atoms with Gasteiger partial charge in [0.15, 0.2) is 0 Å². The lowest BCUT2D eigenvalue weighted by atomic mass is 10.3. The number of fused-ring (bicyclic) bond motifs is 1. The molecule has 0 bridgehead atoms. The van der Waals surface area contributed by atoms with E-state index in [1.807, 2.05) is 35.8 Å². The maximum atomic E-state index is 12.2. The van der Waals surface area contributed by atoms with Crippen LogP contribution in [0.3, 0.4) is 0 Å². The van der Waals surface area contributed by atoms with Gasteiger partial charge in [0.2, 0.25) is 15.9 Å². The fraction of sp³-hybridized carbons (Fsp3) is 0.263. The first-order valence-corrected chi connectivity index (χ1v) is 10.3. The first kappa shape index (κ1) is 19.1. The average Bonchev–Trinajstić information content (AvgIpc) is 3.08. The number of carbonyl (C=O) groups is 1. The Morgan fingerprint density at radius 2 is 1.85 bits per heavy atom. The van der Waals surface area contributed by atoms with Gasteiger partial charge in [-0.3, -0.25) is 4.79 Å². The molecule has 0 saturated heterocycles. The van der Waals surface area contributed by atoms with E-state index < -0.39 is 10.0 Å². The van der Waals surface area contributed by atoms with E-state index in [1.165, 1.54) is 12.1 Å². The maximum Gasteiger partial charge on any atom is 0.240 e. The Labute approximate surface area is 158 Å². The number of anilines is 1. The molecule has 3 aromatic rings. The second kappa shape index (κ2) is 8.32. The minimum atomic E-state index is -3.50. The third kappa shape index (κ3) is 4.72. The highest BCUT2D eigenvalue weighted by atomic mass is 32.2. The highest BCUT2D eigenvalue weighted by Crippen LogP contribution is 2.15. The summed E-state index contributed by atoms with van der Waals surface area (Å²) in [7, 11) is -3.50. The molecular weight excluding hydrogens is 364 g/mol. The van der Waals surface area contributed by atoms with Gasteiger partial charge < -0.3 is 9.88 Å². The molecular formula is C19H22N4O3S. The van der Waals surface area contributed by atoms with Gasteiger partial charge >= 0.3 is 0 Å². The van der Waals surface area contributed by atoms with Gasteiger partial charge in [-0.2, -0.15) is 0 Å². The molecule has 0 fully saturated rings. The molecule has 1 aromatic heterocycles. The first-order chi connectivity index (χ1) is 13.0. The lowest BCUT2D eigenvalue weighted by molar-refractivity contribution is -0.116. The minimum absolute atomic E-state index is 0.146. The van der Waals surface area contributed by atoms with E-state index in [0.717, 1.165) is 17.5 Å². The second-order valence-corrected chi connectivity index (χ2v) is 7.91. The minimum Gasteiger partial charge on any atom is -0.330 e. The molecule has 2 aromatic carbocycles. The van der Waals surface area contributed by atoms with E-state index in [4.69, 9.17) is 0 Å². The van der Waals surface area contributed by atoms with Crippen LogP contribution in [0.15, 0.2) is 59.8 Å². The van der Waals surface area contributed by atoms with Crippen LogP contribution in [0.25, 0.3) is 11.0 Å². The van der Waals surface area contributed by atoms with Crippen LogP contribution in [-0.4, -0.2) is 30.4 Å². The first-order valence-electron chi connectivity index (χ1n) is 8.79. The number of para-hydroxylation sites is 2. The molecule has 0 aliphatic rings. The van der Waals surface area contributed by atoms with Crippen molar-refractivity contribution >= 4 is 32.7 Å². The molecule has 0 atom stereocenters. The third-order valence-electron chi connectivity index (χ3n) is 4.10. The number of aromatic nitrogens is 2. The largest absolute Gasteiger partial charge is 0.330 e. The summed E-state index contributed by atoms with van der Waals surface area (Å²) in [6.07, 6.45) is 2.74. The molecule has 142 valence electrons. The Kier molecular flexibility index (Phi) is 5.88. The van der Waals surface area contributed by atoms with Gasteiger partial charge in [0.25, 0.3) is 0 Å². The quantitative estimate of drug-likeness (QED) is 0.622. The van der Waals surface area contributed by atoms with Gasteiger partial charge in [-0.1, -0.05) is 19.1 Å². The standard InChI is InChI=1S/C19H22N4O3S/c1-2-12-21-27(25,26)16-9-7-15(8-10-16)22-19(24)11-13-23-14-20-17-5-3-4-6-18(17)23/h3-10,14,21H,2,11-13H2,1H3,(H,22,24). The molecule has 8 heteroatoms. The maximum absolute atomic E-state index is 12.2. The number of rotatable bonds is 8. The third-order valence-corrected chi connectivity index (χ3v) is 5.57. The topological polar surface area (TPSA) is 93.1 Å². The number of benzene rings is 2. The van der Waals surface area contributed by atoms with Gasteiger partial charge in [0.05, 0.1) is 22.3 Å². The van der Waals surface area contributed by atoms with Crippen molar-refractivity contribution in [2.24, 2.45) is 0 Å². The number of hydrogen-bond acceptors (Lipinski definition) is 4. The summed E-state index contributed by atoms with van der Waals surface area (Å²) in [6, 6.07) is 13.9. The summed E-state index contributed by atoms with van der Waals surface area (Å²) < 4.78 is 28.6. The van der Waals surface area contributed by atoms with Gasteiger partial charge in [0, 0.05) is 25.2 Å². The summed E-state index contributed by atoms with van der Waals surface area (Å²) >= 11 is 0. The number of carbonyl (C=O) groups excluding carboxylic acids is 1. The van der Waals surface area contributed by atoms with Gasteiger partial charge in [-0.25, -0.2) is 18.1 Å². The van der Waals surface area contributed by atoms with Crippen LogP contribution in [0.1, 0.15) is 19.8 Å². The molecule has 3 rings (SSSR count). The zero-order chi connectivity index (χ0) is 19.3. The number of aryl methyl sites for hydroxylation is 1. The van der Waals surface area contributed by atoms with Crippen molar-refractivity contribution < 1.29 is 13.2 Å². The van der Waals surface area contributed by atoms with Crippen LogP contribution in [0.4, 0.5) is 5.69 Å². The Bertz CT molecular complexity index is 1030. The Morgan fingerprint density at radius 1 is 1.11 bits per heavy atom. The van der Waals surface area contributed by atoms with Crippen molar-refractivity contribution in [3.63, 3.8) is 0 Å². The molecule has 0 aliphatic carbocycles. The average molecular weight is 386 g/mol. The predicted octanol–water partition coefficient (Wildman–Crippen LogP) is 2.75. The molecule has 27 heavy (non-hydrogen) atoms. The van der Waals surface area contributed by atoms with Crippen LogP contribution in [0, 0.1) is 0 Å². The normalized spacial score (nSPS) is 11.6. The van der Waals surface area contributed by atoms with Crippen LogP contribution < -0.4 is 10.0 Å². The molecule has 7 nitrogen and oxygen atoms in total. The van der Waals surface area contributed by atoms with Crippen LogP contribution in [0.5, 0.6) is 0 Å². The zero-order valence-electron chi connectivity index (χ0n) is 15.1. The monoisotopic (exact) mass is 386 g/mol. The lowest BCUT2D eigenvalue weighted by Crippen LogP contribution is -2.24. The van der Waals surface area contributed by atoms with Crippen molar-refractivity contribution in [1.82, 2.24) is 14.3 Å². The summed E-state index contributed by atoms with van der Waals surface area (Å²) in [5.41, 5.74) is 2.44. The number of amides is 1. The summed E-state index contributed by atoms with van der Waals surface area (Å²) in [5.74, 6) is -0.146. The lowest BCUT2D eigenvalue weighted by Gasteiger charge is -2.09. The Hall–Kier alpha value is -2.71. The van der Waals surface area contributed by atoms with Crippen molar-refractivity contribution in [2.45, 2.75) is 31.2 Å². The molecule has 0 aliphatic heterocycles. The van der Waals surface area contributed by atoms with Crippen LogP contribution in [-0.2, 0) is 21.4 Å². The molecule has 2 N–H and O–H groups in total. The van der Waals surface area contributed by atoms with E-state index in [9.17, 15) is 13.2 Å². The van der Waals surface area contributed by atoms with E-state index >= 15 is 0 Å². The molecule has 0 radical (unpaired) electrons. The van der Waals surface area contributed by atoms with Crippen molar-refractivity contribution in [1.29, 1.82) is 0 Å². The fourth-order valence-electron chi connectivity index (χ4n) is 2.67. The molecule has 0 saturated carbocycles. The van der Waals surface area contributed by atoms with E-state index in [2.05, 4.69) is 15.0 Å². The SMILES string of the molecule is CCCNS(=O)(=O)c1ccc(NC(=O)CCn2cnc3ccccc32)cc1. The zero-order valence-corrected chi connectivity index (χ0v) is 15.9. The Morgan fingerprint density at radius 3 is 2.59 bits per heavy atom. The number of imidazole rings is 1. The van der Waals surface area contributed by atoms with E-state index in [0.29, 0.717) is 25.2 Å². The smallest absolute Gasteiger partial charge is 0.240 e. The van der Waals surface area contributed by atoms with Crippen molar-refractivity contribution in [3.8, 4) is 0 Å².